The number of nitrogens with zero attached hydrogens (tertiary/aromatic N) is 2. The van der Waals surface area contributed by atoms with Crippen molar-refractivity contribution in [2.75, 3.05) is 31.1 Å². The van der Waals surface area contributed by atoms with Crippen molar-refractivity contribution in [1.82, 2.24) is 10.2 Å². The topological polar surface area (TPSA) is 52.7 Å². The molecule has 3 aromatic carbocycles. The van der Waals surface area contributed by atoms with Crippen LogP contribution < -0.4 is 10.2 Å². The van der Waals surface area contributed by atoms with Crippen molar-refractivity contribution >= 4 is 17.5 Å². The highest BCUT2D eigenvalue weighted by Gasteiger charge is 2.20. The smallest absolute Gasteiger partial charge is 0.258 e. The summed E-state index contributed by atoms with van der Waals surface area (Å²) in [7, 11) is 0. The molecule has 182 valence electrons. The van der Waals surface area contributed by atoms with Crippen molar-refractivity contribution in [1.29, 1.82) is 0 Å². The van der Waals surface area contributed by atoms with Gasteiger partial charge in [0.1, 0.15) is 5.82 Å². The van der Waals surface area contributed by atoms with Crippen molar-refractivity contribution in [2.24, 2.45) is 0 Å². The van der Waals surface area contributed by atoms with Crippen LogP contribution in [0.2, 0.25) is 0 Å². The van der Waals surface area contributed by atoms with Gasteiger partial charge in [-0.25, -0.2) is 4.39 Å². The van der Waals surface area contributed by atoms with Gasteiger partial charge in [0.05, 0.1) is 13.0 Å². The molecule has 5 nitrogen and oxygen atoms in total. The number of carbonyl (C=O) groups is 2. The van der Waals surface area contributed by atoms with Crippen LogP contribution in [-0.2, 0) is 17.8 Å². The molecule has 1 aliphatic heterocycles. The number of anilines is 1. The molecule has 0 spiro atoms. The van der Waals surface area contributed by atoms with Gasteiger partial charge in [0.2, 0.25) is 5.91 Å². The minimum Gasteiger partial charge on any atom is -0.355 e. The zero-order chi connectivity index (χ0) is 24.6. The molecule has 1 N–H and O–H groups in total. The predicted octanol–water partition coefficient (Wildman–Crippen LogP) is 4.74. The Morgan fingerprint density at radius 1 is 0.943 bits per heavy atom. The van der Waals surface area contributed by atoms with E-state index < -0.39 is 5.82 Å². The van der Waals surface area contributed by atoms with E-state index in [-0.39, 0.29) is 23.8 Å². The molecule has 6 heteroatoms. The lowest BCUT2D eigenvalue weighted by Crippen LogP contribution is -2.34. The van der Waals surface area contributed by atoms with Crippen LogP contribution in [0.15, 0.2) is 72.8 Å². The third-order valence-electron chi connectivity index (χ3n) is 6.31. The van der Waals surface area contributed by atoms with Gasteiger partial charge >= 0.3 is 0 Å². The van der Waals surface area contributed by atoms with E-state index in [4.69, 9.17) is 0 Å². The molecular formula is C29H32FN3O2. The summed E-state index contributed by atoms with van der Waals surface area (Å²) in [5.41, 5.74) is 3.87. The maximum Gasteiger partial charge on any atom is 0.258 e. The lowest BCUT2D eigenvalue weighted by atomic mass is 10.1. The number of hydrogen-bond donors (Lipinski definition) is 1. The largest absolute Gasteiger partial charge is 0.355 e. The summed E-state index contributed by atoms with van der Waals surface area (Å²) in [4.78, 5) is 30.0. The summed E-state index contributed by atoms with van der Waals surface area (Å²) < 4.78 is 13.9. The Bertz CT molecular complexity index is 1160. The molecule has 35 heavy (non-hydrogen) atoms. The summed E-state index contributed by atoms with van der Waals surface area (Å²) >= 11 is 0. The van der Waals surface area contributed by atoms with E-state index in [1.54, 1.807) is 11.0 Å². The Morgan fingerprint density at radius 3 is 2.43 bits per heavy atom. The molecular weight excluding hydrogens is 441 g/mol. The number of likely N-dealkylation sites (tertiary alicyclic amines) is 1. The fourth-order valence-corrected chi connectivity index (χ4v) is 4.38. The number of rotatable bonds is 9. The van der Waals surface area contributed by atoms with Crippen LogP contribution in [-0.4, -0.2) is 42.9 Å². The van der Waals surface area contributed by atoms with E-state index in [9.17, 15) is 14.0 Å². The minimum absolute atomic E-state index is 0.0390. The monoisotopic (exact) mass is 473 g/mol. The molecule has 1 heterocycles. The Labute approximate surface area is 206 Å². The Morgan fingerprint density at radius 2 is 1.69 bits per heavy atom. The minimum atomic E-state index is -0.453. The average molecular weight is 474 g/mol. The number of benzene rings is 3. The summed E-state index contributed by atoms with van der Waals surface area (Å²) in [6.07, 6.45) is 2.70. The van der Waals surface area contributed by atoms with Crippen molar-refractivity contribution in [3.63, 3.8) is 0 Å². The van der Waals surface area contributed by atoms with Crippen LogP contribution in [0.4, 0.5) is 10.1 Å². The van der Waals surface area contributed by atoms with Gasteiger partial charge in [-0.3, -0.25) is 9.59 Å². The normalized spacial score (nSPS) is 13.5. The predicted molar refractivity (Wildman–Crippen MR) is 137 cm³/mol. The molecule has 1 saturated heterocycles. The Hall–Kier alpha value is -3.51. The summed E-state index contributed by atoms with van der Waals surface area (Å²) in [5, 5.41) is 3.00. The van der Waals surface area contributed by atoms with Gasteiger partial charge in [0.25, 0.3) is 5.91 Å². The van der Waals surface area contributed by atoms with E-state index in [0.717, 1.165) is 36.3 Å². The Kier molecular flexibility index (Phi) is 8.27. The zero-order valence-electron chi connectivity index (χ0n) is 20.2. The lowest BCUT2D eigenvalue weighted by molar-refractivity contribution is -0.120. The number of nitrogens with one attached hydrogen (secondary N) is 1. The molecule has 1 fully saturated rings. The molecule has 1 aliphatic rings. The molecule has 2 amide bonds. The molecule has 0 unspecified atom stereocenters. The third-order valence-corrected chi connectivity index (χ3v) is 6.31. The standard InChI is InChI=1S/C29H32FN3O2/c1-22-10-12-23(13-11-22)21-33(29(35)25-7-5-8-26(30)20-25)27-9-4-6-24(18-27)19-28(34)31-14-17-32-15-2-3-16-32/h4-13,18,20H,2-3,14-17,19,21H2,1H3,(H,31,34). The van der Waals surface area contributed by atoms with Crippen molar-refractivity contribution in [2.45, 2.75) is 32.7 Å². The second-order valence-corrected chi connectivity index (χ2v) is 9.13. The number of hydrogen-bond acceptors (Lipinski definition) is 3. The second-order valence-electron chi connectivity index (χ2n) is 9.13. The van der Waals surface area contributed by atoms with E-state index in [1.165, 1.54) is 31.0 Å². The SMILES string of the molecule is Cc1ccc(CN(C(=O)c2cccc(F)c2)c2cccc(CC(=O)NCCN3CCCC3)c2)cc1. The van der Waals surface area contributed by atoms with Crippen LogP contribution in [0.3, 0.4) is 0 Å². The van der Waals surface area contributed by atoms with Gasteiger partial charge < -0.3 is 15.1 Å². The third kappa shape index (κ3) is 6.99. The maximum absolute atomic E-state index is 13.9. The van der Waals surface area contributed by atoms with Crippen molar-refractivity contribution in [3.05, 3.63) is 101 Å². The molecule has 0 aromatic heterocycles. The van der Waals surface area contributed by atoms with Gasteiger partial charge in [-0.2, -0.15) is 0 Å². The molecule has 0 bridgehead atoms. The zero-order valence-corrected chi connectivity index (χ0v) is 20.2. The van der Waals surface area contributed by atoms with Gasteiger partial charge in [-0.1, -0.05) is 48.0 Å². The highest BCUT2D eigenvalue weighted by molar-refractivity contribution is 6.06. The molecule has 4 rings (SSSR count). The molecule has 3 aromatic rings. The fraction of sp³-hybridized carbons (Fsp3) is 0.310. The Balaban J connectivity index is 1.50. The van der Waals surface area contributed by atoms with E-state index in [2.05, 4.69) is 10.2 Å². The molecule has 0 aliphatic carbocycles. The summed E-state index contributed by atoms with van der Waals surface area (Å²) in [6.45, 7) is 6.07. The number of carbonyl (C=O) groups excluding carboxylic acids is 2. The van der Waals surface area contributed by atoms with Crippen LogP contribution in [0, 0.1) is 12.7 Å². The van der Waals surface area contributed by atoms with Crippen LogP contribution in [0.25, 0.3) is 0 Å². The molecule has 0 radical (unpaired) electrons. The number of amides is 2. The van der Waals surface area contributed by atoms with Crippen LogP contribution >= 0.6 is 0 Å². The fourth-order valence-electron chi connectivity index (χ4n) is 4.38. The number of aryl methyl sites for hydroxylation is 1. The van der Waals surface area contributed by atoms with Crippen molar-refractivity contribution in [3.8, 4) is 0 Å². The van der Waals surface area contributed by atoms with Gasteiger partial charge in [-0.15, -0.1) is 0 Å². The van der Waals surface area contributed by atoms with E-state index in [0.29, 0.717) is 18.8 Å². The highest BCUT2D eigenvalue weighted by atomic mass is 19.1. The molecule has 0 saturated carbocycles. The maximum atomic E-state index is 13.9. The van der Waals surface area contributed by atoms with Crippen molar-refractivity contribution < 1.29 is 14.0 Å². The first-order chi connectivity index (χ1) is 17.0. The first-order valence-corrected chi connectivity index (χ1v) is 12.2. The first kappa shape index (κ1) is 24.6. The van der Waals surface area contributed by atoms with E-state index in [1.807, 2.05) is 55.5 Å². The second kappa shape index (κ2) is 11.8. The van der Waals surface area contributed by atoms with Crippen LogP contribution in [0.5, 0.6) is 0 Å². The van der Waals surface area contributed by atoms with E-state index >= 15 is 0 Å². The average Bonchev–Trinajstić information content (AvgIpc) is 3.37. The summed E-state index contributed by atoms with van der Waals surface area (Å²) in [6, 6.07) is 21.2. The lowest BCUT2D eigenvalue weighted by Gasteiger charge is -2.24. The van der Waals surface area contributed by atoms with Gasteiger partial charge in [0.15, 0.2) is 0 Å². The quantitative estimate of drug-likeness (QED) is 0.489. The summed E-state index contributed by atoms with van der Waals surface area (Å²) in [5.74, 6) is -0.786. The highest BCUT2D eigenvalue weighted by Crippen LogP contribution is 2.23. The molecule has 0 atom stereocenters. The first-order valence-electron chi connectivity index (χ1n) is 12.2. The van der Waals surface area contributed by atoms with Gasteiger partial charge in [0, 0.05) is 24.3 Å². The number of halogens is 1. The van der Waals surface area contributed by atoms with Gasteiger partial charge in [-0.05, 0) is 74.3 Å². The van der Waals surface area contributed by atoms with Crippen LogP contribution in [0.1, 0.15) is 39.9 Å².